The number of hydrogen-bond donors (Lipinski definition) is 1. The molecular formula is C18H19BrFNO3. The number of anilines is 1. The van der Waals surface area contributed by atoms with E-state index in [9.17, 15) is 19.1 Å². The zero-order valence-electron chi connectivity index (χ0n) is 13.4. The molecule has 2 aliphatic rings. The minimum atomic E-state index is -0.697. The Balaban J connectivity index is 2.09. The topological polar surface area (TPSA) is 57.6 Å². The molecule has 1 fully saturated rings. The highest BCUT2D eigenvalue weighted by atomic mass is 79.9. The molecule has 1 saturated carbocycles. The molecule has 0 aromatic heterocycles. The van der Waals surface area contributed by atoms with Gasteiger partial charge in [0.2, 0.25) is 0 Å². The van der Waals surface area contributed by atoms with Crippen molar-refractivity contribution in [2.75, 3.05) is 4.90 Å². The van der Waals surface area contributed by atoms with Gasteiger partial charge in [-0.3, -0.25) is 14.5 Å². The Labute approximate surface area is 148 Å². The smallest absolute Gasteiger partial charge is 0.294 e. The van der Waals surface area contributed by atoms with Crippen molar-refractivity contribution in [2.45, 2.75) is 45.1 Å². The average Bonchev–Trinajstić information content (AvgIpc) is 2.81. The molecule has 3 rings (SSSR count). The third-order valence-electron chi connectivity index (χ3n) is 4.90. The van der Waals surface area contributed by atoms with Crippen LogP contribution in [0.3, 0.4) is 0 Å². The van der Waals surface area contributed by atoms with Crippen molar-refractivity contribution < 1.29 is 19.1 Å². The SMILES string of the molecule is CC(=O)C1=C(O)C(=O)N(c2ccc(Br)cc2F)[C@@H]1C1CCCCC1. The van der Waals surface area contributed by atoms with Crippen LogP contribution in [0.4, 0.5) is 10.1 Å². The number of amides is 1. The molecule has 0 radical (unpaired) electrons. The molecule has 1 aliphatic heterocycles. The van der Waals surface area contributed by atoms with Crippen LogP contribution < -0.4 is 4.90 Å². The fraction of sp³-hybridized carbons (Fsp3) is 0.444. The van der Waals surface area contributed by atoms with E-state index < -0.39 is 23.5 Å². The second-order valence-corrected chi connectivity index (χ2v) is 7.35. The van der Waals surface area contributed by atoms with E-state index in [1.807, 2.05) is 0 Å². The maximum absolute atomic E-state index is 14.5. The molecule has 0 bridgehead atoms. The normalized spacial score (nSPS) is 22.4. The summed E-state index contributed by atoms with van der Waals surface area (Å²) in [6.07, 6.45) is 4.86. The maximum atomic E-state index is 14.5. The van der Waals surface area contributed by atoms with Crippen molar-refractivity contribution in [1.82, 2.24) is 0 Å². The van der Waals surface area contributed by atoms with Crippen LogP contribution >= 0.6 is 15.9 Å². The van der Waals surface area contributed by atoms with E-state index in [4.69, 9.17) is 0 Å². The first-order valence-electron chi connectivity index (χ1n) is 8.14. The van der Waals surface area contributed by atoms with Crippen molar-refractivity contribution in [3.8, 4) is 0 Å². The molecule has 0 spiro atoms. The van der Waals surface area contributed by atoms with Gasteiger partial charge < -0.3 is 5.11 Å². The highest BCUT2D eigenvalue weighted by Gasteiger charge is 2.46. The molecule has 6 heteroatoms. The maximum Gasteiger partial charge on any atom is 0.294 e. The number of nitrogens with zero attached hydrogens (tertiary/aromatic N) is 1. The summed E-state index contributed by atoms with van der Waals surface area (Å²) in [5, 5.41) is 10.2. The highest BCUT2D eigenvalue weighted by molar-refractivity contribution is 9.10. The molecular weight excluding hydrogens is 377 g/mol. The summed E-state index contributed by atoms with van der Waals surface area (Å²) in [6, 6.07) is 3.84. The van der Waals surface area contributed by atoms with E-state index in [1.165, 1.54) is 24.0 Å². The average molecular weight is 396 g/mol. The number of halogens is 2. The standard InChI is InChI=1S/C18H19BrFNO3/c1-10(22)15-16(11-5-3-2-4-6-11)21(18(24)17(15)23)14-8-7-12(19)9-13(14)20/h7-9,11,16,23H,2-6H2,1H3/t16-/m1/s1. The van der Waals surface area contributed by atoms with Crippen LogP contribution in [0.5, 0.6) is 0 Å². The van der Waals surface area contributed by atoms with Crippen molar-refractivity contribution in [3.63, 3.8) is 0 Å². The zero-order chi connectivity index (χ0) is 17.4. The number of aliphatic hydroxyl groups is 1. The molecule has 1 aromatic rings. The summed E-state index contributed by atoms with van der Waals surface area (Å²) >= 11 is 3.20. The van der Waals surface area contributed by atoms with Crippen LogP contribution in [0.15, 0.2) is 34.0 Å². The van der Waals surface area contributed by atoms with Crippen LogP contribution in [0.2, 0.25) is 0 Å². The van der Waals surface area contributed by atoms with Gasteiger partial charge in [-0.1, -0.05) is 35.2 Å². The van der Waals surface area contributed by atoms with E-state index in [0.717, 1.165) is 32.1 Å². The first kappa shape index (κ1) is 17.1. The third-order valence-corrected chi connectivity index (χ3v) is 5.39. The summed E-state index contributed by atoms with van der Waals surface area (Å²) < 4.78 is 15.0. The van der Waals surface area contributed by atoms with E-state index in [1.54, 1.807) is 6.07 Å². The van der Waals surface area contributed by atoms with Gasteiger partial charge in [-0.25, -0.2) is 4.39 Å². The lowest BCUT2D eigenvalue weighted by Crippen LogP contribution is -2.43. The lowest BCUT2D eigenvalue weighted by atomic mass is 9.80. The van der Waals surface area contributed by atoms with Crippen molar-refractivity contribution >= 4 is 33.3 Å². The highest BCUT2D eigenvalue weighted by Crippen LogP contribution is 2.41. The van der Waals surface area contributed by atoms with Crippen molar-refractivity contribution in [2.24, 2.45) is 5.92 Å². The predicted octanol–water partition coefficient (Wildman–Crippen LogP) is 4.28. The first-order valence-corrected chi connectivity index (χ1v) is 8.93. The summed E-state index contributed by atoms with van der Waals surface area (Å²) in [5.74, 6) is -2.08. The molecule has 1 atom stereocenters. The Hall–Kier alpha value is -1.69. The number of aliphatic hydroxyl groups excluding tert-OH is 1. The lowest BCUT2D eigenvalue weighted by molar-refractivity contribution is -0.117. The summed E-state index contributed by atoms with van der Waals surface area (Å²) in [7, 11) is 0. The van der Waals surface area contributed by atoms with Crippen LogP contribution in [0.1, 0.15) is 39.0 Å². The molecule has 0 saturated heterocycles. The fourth-order valence-electron chi connectivity index (χ4n) is 3.83. The monoisotopic (exact) mass is 395 g/mol. The molecule has 1 heterocycles. The lowest BCUT2D eigenvalue weighted by Gasteiger charge is -2.35. The van der Waals surface area contributed by atoms with Gasteiger partial charge >= 0.3 is 0 Å². The van der Waals surface area contributed by atoms with E-state index in [0.29, 0.717) is 4.47 Å². The number of carbonyl (C=O) groups excluding carboxylic acids is 2. The predicted molar refractivity (Wildman–Crippen MR) is 92.3 cm³/mol. The number of hydrogen-bond acceptors (Lipinski definition) is 3. The minimum Gasteiger partial charge on any atom is -0.503 e. The summed E-state index contributed by atoms with van der Waals surface area (Å²) in [5.41, 5.74) is 0.218. The number of carbonyl (C=O) groups is 2. The van der Waals surface area contributed by atoms with Crippen molar-refractivity contribution in [3.05, 3.63) is 39.8 Å². The number of Topliss-reactive ketones (excluding diaryl/α,β-unsaturated/α-hetero) is 1. The third kappa shape index (κ3) is 2.88. The Morgan fingerprint density at radius 3 is 2.54 bits per heavy atom. The Morgan fingerprint density at radius 2 is 1.96 bits per heavy atom. The molecule has 1 aliphatic carbocycles. The molecule has 128 valence electrons. The van der Waals surface area contributed by atoms with Gasteiger partial charge in [-0.15, -0.1) is 0 Å². The number of rotatable bonds is 3. The van der Waals surface area contributed by atoms with Crippen LogP contribution in [0.25, 0.3) is 0 Å². The van der Waals surface area contributed by atoms with Crippen LogP contribution in [-0.4, -0.2) is 22.8 Å². The van der Waals surface area contributed by atoms with Gasteiger partial charge in [-0.05, 0) is 43.9 Å². The van der Waals surface area contributed by atoms with Gasteiger partial charge in [0, 0.05) is 4.47 Å². The Morgan fingerprint density at radius 1 is 1.29 bits per heavy atom. The minimum absolute atomic E-state index is 0.0503. The summed E-state index contributed by atoms with van der Waals surface area (Å²) in [4.78, 5) is 25.9. The van der Waals surface area contributed by atoms with Gasteiger partial charge in [0.05, 0.1) is 17.3 Å². The molecule has 0 unspecified atom stereocenters. The van der Waals surface area contributed by atoms with Gasteiger partial charge in [0.25, 0.3) is 5.91 Å². The van der Waals surface area contributed by atoms with Gasteiger partial charge in [-0.2, -0.15) is 0 Å². The molecule has 24 heavy (non-hydrogen) atoms. The van der Waals surface area contributed by atoms with E-state index in [-0.39, 0.29) is 23.0 Å². The molecule has 4 nitrogen and oxygen atoms in total. The van der Waals surface area contributed by atoms with Gasteiger partial charge in [0.15, 0.2) is 11.5 Å². The molecule has 1 N–H and O–H groups in total. The number of benzene rings is 1. The van der Waals surface area contributed by atoms with Crippen molar-refractivity contribution in [1.29, 1.82) is 0 Å². The van der Waals surface area contributed by atoms with Crippen LogP contribution in [0, 0.1) is 11.7 Å². The number of ketones is 1. The van der Waals surface area contributed by atoms with Gasteiger partial charge in [0.1, 0.15) is 5.82 Å². The van der Waals surface area contributed by atoms with E-state index in [2.05, 4.69) is 15.9 Å². The second kappa shape index (κ2) is 6.67. The largest absolute Gasteiger partial charge is 0.503 e. The Bertz CT molecular complexity index is 725. The molecule has 1 aromatic carbocycles. The summed E-state index contributed by atoms with van der Waals surface area (Å²) in [6.45, 7) is 1.34. The molecule has 1 amide bonds. The van der Waals surface area contributed by atoms with E-state index >= 15 is 0 Å². The zero-order valence-corrected chi connectivity index (χ0v) is 15.0. The fourth-order valence-corrected chi connectivity index (χ4v) is 4.17. The Kier molecular flexibility index (Phi) is 4.76. The quantitative estimate of drug-likeness (QED) is 0.830. The van der Waals surface area contributed by atoms with Crippen LogP contribution in [-0.2, 0) is 9.59 Å². The second-order valence-electron chi connectivity index (χ2n) is 6.43. The first-order chi connectivity index (χ1) is 11.4.